The molecule has 1 saturated heterocycles. The van der Waals surface area contributed by atoms with Crippen LogP contribution in [0.5, 0.6) is 5.75 Å². The smallest absolute Gasteiger partial charge is 0.261 e. The highest BCUT2D eigenvalue weighted by Crippen LogP contribution is 2.29. The molecular weight excluding hydrogens is 340 g/mol. The second-order valence-electron chi connectivity index (χ2n) is 6.17. The molecule has 2 aromatic rings. The number of amides is 1. The molecule has 7 heteroatoms. The van der Waals surface area contributed by atoms with E-state index in [4.69, 9.17) is 4.74 Å². The van der Waals surface area contributed by atoms with E-state index in [9.17, 15) is 13.2 Å². The van der Waals surface area contributed by atoms with Gasteiger partial charge in [-0.25, -0.2) is 8.42 Å². The van der Waals surface area contributed by atoms with E-state index in [1.165, 1.54) is 0 Å². The lowest BCUT2D eigenvalue weighted by Crippen LogP contribution is -2.23. The minimum Gasteiger partial charge on any atom is -0.493 e. The van der Waals surface area contributed by atoms with Gasteiger partial charge in [0.15, 0.2) is 0 Å². The molecule has 0 saturated carbocycles. The zero-order valence-corrected chi connectivity index (χ0v) is 14.4. The van der Waals surface area contributed by atoms with Crippen LogP contribution in [0.4, 0.5) is 11.4 Å². The molecule has 0 aromatic heterocycles. The van der Waals surface area contributed by atoms with Crippen molar-refractivity contribution >= 4 is 27.3 Å². The Morgan fingerprint density at radius 3 is 2.76 bits per heavy atom. The summed E-state index contributed by atoms with van der Waals surface area (Å²) < 4.78 is 33.3. The van der Waals surface area contributed by atoms with Crippen LogP contribution in [0.15, 0.2) is 47.4 Å². The first-order chi connectivity index (χ1) is 12.0. The van der Waals surface area contributed by atoms with Gasteiger partial charge in [0.25, 0.3) is 10.0 Å². The van der Waals surface area contributed by atoms with Gasteiger partial charge in [-0.2, -0.15) is 0 Å². The third-order valence-electron chi connectivity index (χ3n) is 4.45. The summed E-state index contributed by atoms with van der Waals surface area (Å²) in [6, 6.07) is 11.8. The third-order valence-corrected chi connectivity index (χ3v) is 5.83. The molecule has 1 fully saturated rings. The third kappa shape index (κ3) is 3.07. The Morgan fingerprint density at radius 2 is 1.96 bits per heavy atom. The van der Waals surface area contributed by atoms with Crippen LogP contribution < -0.4 is 14.4 Å². The van der Waals surface area contributed by atoms with Crippen molar-refractivity contribution in [3.63, 3.8) is 0 Å². The predicted molar refractivity (Wildman–Crippen MR) is 94.5 cm³/mol. The second kappa shape index (κ2) is 6.07. The molecule has 130 valence electrons. The van der Waals surface area contributed by atoms with Crippen molar-refractivity contribution in [3.05, 3.63) is 48.0 Å². The van der Waals surface area contributed by atoms with Crippen LogP contribution in [0.25, 0.3) is 0 Å². The Morgan fingerprint density at radius 1 is 1.08 bits per heavy atom. The summed E-state index contributed by atoms with van der Waals surface area (Å²) in [6.07, 6.45) is 2.07. The first-order valence-electron chi connectivity index (χ1n) is 8.22. The van der Waals surface area contributed by atoms with Crippen molar-refractivity contribution in [2.24, 2.45) is 0 Å². The first-order valence-corrected chi connectivity index (χ1v) is 9.70. The van der Waals surface area contributed by atoms with Gasteiger partial charge in [-0.1, -0.05) is 6.07 Å². The lowest BCUT2D eigenvalue weighted by molar-refractivity contribution is -0.117. The molecule has 0 spiro atoms. The molecule has 4 rings (SSSR count). The van der Waals surface area contributed by atoms with Crippen LogP contribution in [0.2, 0.25) is 0 Å². The van der Waals surface area contributed by atoms with Crippen molar-refractivity contribution < 1.29 is 17.9 Å². The Labute approximate surface area is 146 Å². The van der Waals surface area contributed by atoms with E-state index in [0.29, 0.717) is 37.4 Å². The number of carbonyl (C=O) groups excluding carboxylic acids is 1. The molecule has 0 atom stereocenters. The van der Waals surface area contributed by atoms with E-state index in [2.05, 4.69) is 4.72 Å². The van der Waals surface area contributed by atoms with Gasteiger partial charge in [-0.3, -0.25) is 9.52 Å². The van der Waals surface area contributed by atoms with Gasteiger partial charge in [-0.05, 0) is 48.4 Å². The fraction of sp³-hybridized carbons (Fsp3) is 0.278. The fourth-order valence-corrected chi connectivity index (χ4v) is 4.30. The molecule has 6 nitrogen and oxygen atoms in total. The van der Waals surface area contributed by atoms with Crippen LogP contribution in [0, 0.1) is 0 Å². The maximum atomic E-state index is 12.7. The molecule has 2 aliphatic heterocycles. The summed E-state index contributed by atoms with van der Waals surface area (Å²) in [5.41, 5.74) is 2.05. The molecule has 0 radical (unpaired) electrons. The topological polar surface area (TPSA) is 75.7 Å². The highest BCUT2D eigenvalue weighted by Gasteiger charge is 2.23. The lowest BCUT2D eigenvalue weighted by atomic mass is 10.2. The lowest BCUT2D eigenvalue weighted by Gasteiger charge is -2.17. The summed E-state index contributed by atoms with van der Waals surface area (Å²) >= 11 is 0. The first kappa shape index (κ1) is 16.0. The molecule has 2 heterocycles. The zero-order valence-electron chi connectivity index (χ0n) is 13.6. The van der Waals surface area contributed by atoms with Gasteiger partial charge in [0.2, 0.25) is 5.91 Å². The Hall–Kier alpha value is -2.54. The number of hydrogen-bond donors (Lipinski definition) is 1. The van der Waals surface area contributed by atoms with Crippen molar-refractivity contribution in [3.8, 4) is 5.75 Å². The highest BCUT2D eigenvalue weighted by molar-refractivity contribution is 7.92. The minimum absolute atomic E-state index is 0.0682. The number of carbonyl (C=O) groups is 1. The van der Waals surface area contributed by atoms with Gasteiger partial charge in [-0.15, -0.1) is 0 Å². The second-order valence-corrected chi connectivity index (χ2v) is 7.86. The number of fused-ring (bicyclic) bond motifs is 1. The quantitative estimate of drug-likeness (QED) is 0.911. The molecule has 25 heavy (non-hydrogen) atoms. The number of nitrogens with one attached hydrogen (secondary N) is 1. The summed E-state index contributed by atoms with van der Waals surface area (Å²) in [7, 11) is -3.70. The van der Waals surface area contributed by atoms with Gasteiger partial charge in [0.1, 0.15) is 5.75 Å². The molecular formula is C18H18N2O4S. The van der Waals surface area contributed by atoms with Crippen LogP contribution in [0.1, 0.15) is 18.4 Å². The van der Waals surface area contributed by atoms with Gasteiger partial charge in [0, 0.05) is 25.1 Å². The average molecular weight is 358 g/mol. The molecule has 2 aromatic carbocycles. The normalized spacial score (nSPS) is 16.6. The number of anilines is 2. The van der Waals surface area contributed by atoms with Crippen molar-refractivity contribution in [2.45, 2.75) is 24.2 Å². The number of rotatable bonds is 4. The summed E-state index contributed by atoms with van der Waals surface area (Å²) in [6.45, 7) is 1.25. The monoisotopic (exact) mass is 358 g/mol. The average Bonchev–Trinajstić information content (AvgIpc) is 3.22. The molecule has 1 amide bonds. The molecule has 0 bridgehead atoms. The maximum Gasteiger partial charge on any atom is 0.261 e. The number of nitrogens with zero attached hydrogens (tertiary/aromatic N) is 1. The van der Waals surface area contributed by atoms with Crippen LogP contribution >= 0.6 is 0 Å². The van der Waals surface area contributed by atoms with Crippen LogP contribution in [-0.2, 0) is 21.2 Å². The molecule has 1 N–H and O–H groups in total. The van der Waals surface area contributed by atoms with Crippen LogP contribution in [-0.4, -0.2) is 27.5 Å². The largest absolute Gasteiger partial charge is 0.493 e. The van der Waals surface area contributed by atoms with Gasteiger partial charge in [0.05, 0.1) is 17.2 Å². The summed E-state index contributed by atoms with van der Waals surface area (Å²) in [4.78, 5) is 13.8. The van der Waals surface area contributed by atoms with E-state index in [0.717, 1.165) is 17.7 Å². The number of sulfonamides is 1. The standard InChI is InChI=1S/C18H18N2O4S/c21-18-5-2-9-20(18)15-4-1-3-14(12-15)19-25(22,23)16-6-7-17-13(11-16)8-10-24-17/h1,3-4,6-7,11-12,19H,2,5,8-10H2. The highest BCUT2D eigenvalue weighted by atomic mass is 32.2. The van der Waals surface area contributed by atoms with E-state index in [1.54, 1.807) is 41.3 Å². The van der Waals surface area contributed by atoms with Gasteiger partial charge >= 0.3 is 0 Å². The summed E-state index contributed by atoms with van der Waals surface area (Å²) in [5, 5.41) is 0. The van der Waals surface area contributed by atoms with Crippen molar-refractivity contribution in [1.29, 1.82) is 0 Å². The zero-order chi connectivity index (χ0) is 17.4. The SMILES string of the molecule is O=C1CCCN1c1cccc(NS(=O)(=O)c2ccc3c(c2)CCO3)c1. The number of benzene rings is 2. The molecule has 2 aliphatic rings. The summed E-state index contributed by atoms with van der Waals surface area (Å²) in [5.74, 6) is 0.812. The van der Waals surface area contributed by atoms with E-state index < -0.39 is 10.0 Å². The molecule has 0 aliphatic carbocycles. The minimum atomic E-state index is -3.70. The number of hydrogen-bond acceptors (Lipinski definition) is 4. The van der Waals surface area contributed by atoms with Crippen molar-refractivity contribution in [1.82, 2.24) is 0 Å². The Balaban J connectivity index is 1.60. The Bertz CT molecular complexity index is 940. The fourth-order valence-electron chi connectivity index (χ4n) is 3.20. The van der Waals surface area contributed by atoms with E-state index >= 15 is 0 Å². The van der Waals surface area contributed by atoms with E-state index in [-0.39, 0.29) is 10.8 Å². The van der Waals surface area contributed by atoms with Crippen molar-refractivity contribution in [2.75, 3.05) is 22.8 Å². The molecule has 0 unspecified atom stereocenters. The van der Waals surface area contributed by atoms with Gasteiger partial charge < -0.3 is 9.64 Å². The Kier molecular flexibility index (Phi) is 3.88. The number of ether oxygens (including phenoxy) is 1. The van der Waals surface area contributed by atoms with Crippen LogP contribution in [0.3, 0.4) is 0 Å². The van der Waals surface area contributed by atoms with E-state index in [1.807, 2.05) is 6.07 Å². The predicted octanol–water partition coefficient (Wildman–Crippen LogP) is 2.55. The maximum absolute atomic E-state index is 12.7.